The number of rotatable bonds is 4. The van der Waals surface area contributed by atoms with Gasteiger partial charge >= 0.3 is 0 Å². The fourth-order valence-corrected chi connectivity index (χ4v) is 7.80. The monoisotopic (exact) mass is 377 g/mol. The molecule has 27 heavy (non-hydrogen) atoms. The maximum Gasteiger partial charge on any atom is 0.167 e. The van der Waals surface area contributed by atoms with Gasteiger partial charge < -0.3 is 14.6 Å². The van der Waals surface area contributed by atoms with Gasteiger partial charge in [-0.15, -0.1) is 0 Å². The Morgan fingerprint density at radius 2 is 1.74 bits per heavy atom. The molecule has 0 spiro atoms. The summed E-state index contributed by atoms with van der Waals surface area (Å²) >= 11 is 0. The number of aliphatic hydroxyl groups is 1. The predicted octanol–water partition coefficient (Wildman–Crippen LogP) is 4.67. The van der Waals surface area contributed by atoms with Gasteiger partial charge in [-0.05, 0) is 85.5 Å². The minimum absolute atomic E-state index is 0.104. The molecule has 152 valence electrons. The Morgan fingerprint density at radius 1 is 1.00 bits per heavy atom. The average molecular weight is 378 g/mol. The maximum absolute atomic E-state index is 11.3. The van der Waals surface area contributed by atoms with E-state index >= 15 is 0 Å². The lowest BCUT2D eigenvalue weighted by molar-refractivity contribution is -0.248. The van der Waals surface area contributed by atoms with Crippen molar-refractivity contribution in [3.63, 3.8) is 0 Å². The molecule has 1 N–H and O–H groups in total. The van der Waals surface area contributed by atoms with E-state index in [0.717, 1.165) is 43.9 Å². The smallest absolute Gasteiger partial charge is 0.167 e. The molecule has 0 aromatic rings. The van der Waals surface area contributed by atoms with Crippen LogP contribution in [-0.2, 0) is 9.47 Å². The number of fused-ring (bicyclic) bond motifs is 5. The van der Waals surface area contributed by atoms with Crippen LogP contribution in [0.15, 0.2) is 5.11 Å². The second-order valence-electron chi connectivity index (χ2n) is 9.91. The van der Waals surface area contributed by atoms with Crippen molar-refractivity contribution in [1.29, 1.82) is 0 Å². The highest BCUT2D eigenvalue weighted by Crippen LogP contribution is 2.65. The fourth-order valence-electron chi connectivity index (χ4n) is 7.80. The lowest BCUT2D eigenvalue weighted by Gasteiger charge is -2.58. The van der Waals surface area contributed by atoms with Crippen molar-refractivity contribution in [1.82, 2.24) is 0 Å². The molecule has 7 atom stereocenters. The van der Waals surface area contributed by atoms with E-state index in [0.29, 0.717) is 17.8 Å². The Bertz CT molecular complexity index is 618. The van der Waals surface area contributed by atoms with Crippen LogP contribution in [0.5, 0.6) is 0 Å². The Morgan fingerprint density at radius 3 is 2.44 bits per heavy atom. The zero-order valence-corrected chi connectivity index (χ0v) is 17.1. The fraction of sp³-hybridized carbons (Fsp3) is 1.00. The summed E-state index contributed by atoms with van der Waals surface area (Å²) in [4.78, 5) is 2.92. The van der Waals surface area contributed by atoms with Crippen LogP contribution in [-0.4, -0.2) is 37.3 Å². The number of azide groups is 1. The van der Waals surface area contributed by atoms with Crippen LogP contribution >= 0.6 is 0 Å². The number of methoxy groups -OCH3 is 2. The van der Waals surface area contributed by atoms with Crippen LogP contribution in [0.25, 0.3) is 10.4 Å². The van der Waals surface area contributed by atoms with Gasteiger partial charge in [0.1, 0.15) is 0 Å². The molecular weight excluding hydrogens is 342 g/mol. The van der Waals surface area contributed by atoms with Gasteiger partial charge in [0, 0.05) is 32.0 Å². The van der Waals surface area contributed by atoms with E-state index < -0.39 is 5.60 Å². The molecular formula is C21H35N3O3. The van der Waals surface area contributed by atoms with Crippen molar-refractivity contribution in [2.45, 2.75) is 76.1 Å². The van der Waals surface area contributed by atoms with Crippen molar-refractivity contribution in [3.05, 3.63) is 10.4 Å². The summed E-state index contributed by atoms with van der Waals surface area (Å²) in [6.45, 7) is 2.49. The molecule has 4 aliphatic carbocycles. The molecule has 0 aromatic heterocycles. The first kappa shape index (κ1) is 19.5. The van der Waals surface area contributed by atoms with Crippen molar-refractivity contribution < 1.29 is 14.6 Å². The number of ether oxygens (including phenoxy) is 2. The molecule has 4 aliphatic rings. The predicted molar refractivity (Wildman–Crippen MR) is 103 cm³/mol. The Labute approximate surface area is 162 Å². The van der Waals surface area contributed by atoms with Gasteiger partial charge in [-0.1, -0.05) is 12.0 Å². The molecule has 4 rings (SSSR count). The quantitative estimate of drug-likeness (QED) is 0.334. The molecule has 0 aromatic carbocycles. The van der Waals surface area contributed by atoms with Gasteiger partial charge in [-0.3, -0.25) is 0 Å². The largest absolute Gasteiger partial charge is 0.389 e. The van der Waals surface area contributed by atoms with Crippen molar-refractivity contribution >= 4 is 0 Å². The van der Waals surface area contributed by atoms with Gasteiger partial charge in [-0.25, -0.2) is 0 Å². The molecule has 6 heteroatoms. The minimum atomic E-state index is -0.820. The standard InChI is InChI=1S/C21H35N3O3/c1-19-9-6-16-15-7-11-21(26-2,27-3)12-14(15)4-5-17(16)18(19)8-10-20(19,25)13-23-24-22/h14-18,25H,4-13H2,1-3H3/t14-,15+,16-,17-,18+,19+,20-/m1/s1. The highest BCUT2D eigenvalue weighted by atomic mass is 16.7. The second-order valence-corrected chi connectivity index (χ2v) is 9.91. The molecule has 0 amide bonds. The second kappa shape index (κ2) is 6.91. The van der Waals surface area contributed by atoms with Crippen LogP contribution in [0, 0.1) is 35.0 Å². The van der Waals surface area contributed by atoms with Gasteiger partial charge in [0.05, 0.1) is 12.1 Å². The van der Waals surface area contributed by atoms with Crippen molar-refractivity contribution in [3.8, 4) is 0 Å². The zero-order valence-electron chi connectivity index (χ0n) is 17.1. The number of nitrogens with zero attached hydrogens (tertiary/aromatic N) is 3. The summed E-state index contributed by atoms with van der Waals surface area (Å²) in [6, 6.07) is 0. The SMILES string of the molecule is COC1(OC)CC[C@H]2[C@H](CC[C@@H]3[C@@H]2CC[C@@]2(C)[C@H]3CC[C@@]2(O)CN=[N+]=[N-])C1. The highest BCUT2D eigenvalue weighted by molar-refractivity contribution is 5.13. The van der Waals surface area contributed by atoms with E-state index in [9.17, 15) is 5.11 Å². The molecule has 0 bridgehead atoms. The Hall–Kier alpha value is -0.810. The topological polar surface area (TPSA) is 87.5 Å². The molecule has 0 saturated heterocycles. The summed E-state index contributed by atoms with van der Waals surface area (Å²) in [6.07, 6.45) is 9.83. The van der Waals surface area contributed by atoms with E-state index in [2.05, 4.69) is 16.9 Å². The molecule has 6 nitrogen and oxygen atoms in total. The first-order valence-electron chi connectivity index (χ1n) is 10.8. The lowest BCUT2D eigenvalue weighted by Crippen LogP contribution is -2.55. The highest BCUT2D eigenvalue weighted by Gasteiger charge is 2.62. The summed E-state index contributed by atoms with van der Waals surface area (Å²) in [5.74, 6) is 3.15. The van der Waals surface area contributed by atoms with E-state index in [-0.39, 0.29) is 17.7 Å². The van der Waals surface area contributed by atoms with Crippen LogP contribution in [0.1, 0.15) is 64.7 Å². The summed E-state index contributed by atoms with van der Waals surface area (Å²) in [5, 5.41) is 15.1. The number of hydrogen-bond acceptors (Lipinski definition) is 4. The van der Waals surface area contributed by atoms with Crippen LogP contribution in [0.3, 0.4) is 0 Å². The maximum atomic E-state index is 11.3. The Balaban J connectivity index is 1.53. The zero-order chi connectivity index (χ0) is 19.3. The normalized spacial score (nSPS) is 48.1. The van der Waals surface area contributed by atoms with Crippen molar-refractivity contribution in [2.24, 2.45) is 40.1 Å². The summed E-state index contributed by atoms with van der Waals surface area (Å²) in [7, 11) is 3.56. The van der Waals surface area contributed by atoms with Crippen molar-refractivity contribution in [2.75, 3.05) is 20.8 Å². The average Bonchev–Trinajstić information content (AvgIpc) is 2.97. The van der Waals surface area contributed by atoms with E-state index in [1.807, 2.05) is 0 Å². The third kappa shape index (κ3) is 2.83. The Kier molecular flexibility index (Phi) is 4.99. The van der Waals surface area contributed by atoms with Gasteiger partial charge in [0.25, 0.3) is 0 Å². The molecule has 0 aliphatic heterocycles. The third-order valence-electron chi connectivity index (χ3n) is 9.41. The van der Waals surface area contributed by atoms with E-state index in [4.69, 9.17) is 15.0 Å². The van der Waals surface area contributed by atoms with Crippen LogP contribution in [0.2, 0.25) is 0 Å². The third-order valence-corrected chi connectivity index (χ3v) is 9.41. The lowest BCUT2D eigenvalue weighted by atomic mass is 9.49. The van der Waals surface area contributed by atoms with Gasteiger partial charge in [-0.2, -0.15) is 0 Å². The minimum Gasteiger partial charge on any atom is -0.389 e. The molecule has 0 heterocycles. The first-order chi connectivity index (χ1) is 12.9. The van der Waals surface area contributed by atoms with E-state index in [1.165, 1.54) is 25.7 Å². The number of hydrogen-bond donors (Lipinski definition) is 1. The molecule has 4 fully saturated rings. The van der Waals surface area contributed by atoms with E-state index in [1.54, 1.807) is 14.2 Å². The molecule has 4 saturated carbocycles. The molecule has 0 radical (unpaired) electrons. The summed E-state index contributed by atoms with van der Waals surface area (Å²) < 4.78 is 11.5. The molecule has 0 unspecified atom stereocenters. The van der Waals surface area contributed by atoms with Crippen LogP contribution in [0.4, 0.5) is 0 Å². The van der Waals surface area contributed by atoms with Gasteiger partial charge in [0.2, 0.25) is 0 Å². The first-order valence-corrected chi connectivity index (χ1v) is 10.8. The van der Waals surface area contributed by atoms with Crippen LogP contribution < -0.4 is 0 Å². The van der Waals surface area contributed by atoms with Gasteiger partial charge in [0.15, 0.2) is 5.79 Å². The summed E-state index contributed by atoms with van der Waals surface area (Å²) in [5.41, 5.74) is 7.82.